The van der Waals surface area contributed by atoms with Crippen LogP contribution in [0.1, 0.15) is 48.1 Å². The molecule has 1 aromatic carbocycles. The summed E-state index contributed by atoms with van der Waals surface area (Å²) >= 11 is 0. The van der Waals surface area contributed by atoms with E-state index in [4.69, 9.17) is 11.5 Å². The van der Waals surface area contributed by atoms with Crippen molar-refractivity contribution in [3.05, 3.63) is 35.4 Å². The van der Waals surface area contributed by atoms with Gasteiger partial charge in [-0.1, -0.05) is 12.1 Å². The molecule has 3 saturated heterocycles. The highest BCUT2D eigenvalue weighted by molar-refractivity contribution is 5.92. The summed E-state index contributed by atoms with van der Waals surface area (Å²) in [7, 11) is 0. The number of amides is 3. The Morgan fingerprint density at radius 2 is 1.94 bits per heavy atom. The molecule has 9 nitrogen and oxygen atoms in total. The summed E-state index contributed by atoms with van der Waals surface area (Å²) in [5, 5.41) is 9.36. The molecule has 9 heteroatoms. The minimum atomic E-state index is -0.732. The molecule has 1 saturated carbocycles. The molecule has 3 heterocycles. The van der Waals surface area contributed by atoms with Crippen LogP contribution in [-0.4, -0.2) is 75.7 Å². The van der Waals surface area contributed by atoms with Gasteiger partial charge in [0.1, 0.15) is 6.04 Å². The number of carbonyl (C=O) groups is 3. The Labute approximate surface area is 186 Å². The molecule has 4 fully saturated rings. The van der Waals surface area contributed by atoms with Crippen LogP contribution in [0.4, 0.5) is 0 Å². The van der Waals surface area contributed by atoms with Crippen molar-refractivity contribution >= 4 is 17.7 Å². The van der Waals surface area contributed by atoms with Gasteiger partial charge < -0.3 is 21.3 Å². The van der Waals surface area contributed by atoms with Crippen LogP contribution >= 0.6 is 0 Å². The topological polar surface area (TPSA) is 137 Å². The Kier molecular flexibility index (Phi) is 4.95. The van der Waals surface area contributed by atoms with Crippen LogP contribution in [0, 0.1) is 17.2 Å². The second-order valence-electron chi connectivity index (χ2n) is 9.56. The van der Waals surface area contributed by atoms with Gasteiger partial charge in [-0.15, -0.1) is 0 Å². The Bertz CT molecular complexity index is 1000. The van der Waals surface area contributed by atoms with Gasteiger partial charge in [0.2, 0.25) is 17.7 Å². The zero-order chi connectivity index (χ0) is 22.7. The molecule has 0 spiro atoms. The van der Waals surface area contributed by atoms with E-state index in [1.807, 2.05) is 28.9 Å². The molecule has 168 valence electrons. The third-order valence-corrected chi connectivity index (χ3v) is 7.67. The van der Waals surface area contributed by atoms with Crippen molar-refractivity contribution in [2.24, 2.45) is 17.4 Å². The van der Waals surface area contributed by atoms with Crippen molar-refractivity contribution in [2.75, 3.05) is 13.1 Å². The van der Waals surface area contributed by atoms with E-state index in [2.05, 4.69) is 6.07 Å². The molecule has 3 aliphatic heterocycles. The lowest BCUT2D eigenvalue weighted by molar-refractivity contribution is -0.141. The minimum absolute atomic E-state index is 0.0470. The number of benzene rings is 1. The van der Waals surface area contributed by atoms with Crippen LogP contribution in [0.5, 0.6) is 0 Å². The van der Waals surface area contributed by atoms with E-state index in [9.17, 15) is 19.6 Å². The smallest absolute Gasteiger partial charge is 0.248 e. The van der Waals surface area contributed by atoms with Crippen molar-refractivity contribution in [3.8, 4) is 6.07 Å². The lowest BCUT2D eigenvalue weighted by Gasteiger charge is -2.38. The normalized spacial score (nSPS) is 32.5. The van der Waals surface area contributed by atoms with E-state index in [1.54, 1.807) is 17.0 Å². The monoisotopic (exact) mass is 436 g/mol. The molecular formula is C23H28N6O3. The van der Waals surface area contributed by atoms with Crippen molar-refractivity contribution in [1.29, 1.82) is 5.26 Å². The van der Waals surface area contributed by atoms with Gasteiger partial charge in [0.25, 0.3) is 0 Å². The number of primary amides is 1. The van der Waals surface area contributed by atoms with Crippen molar-refractivity contribution in [2.45, 2.75) is 62.4 Å². The maximum absolute atomic E-state index is 13.2. The largest absolute Gasteiger partial charge is 0.366 e. The molecule has 4 N–H and O–H groups in total. The van der Waals surface area contributed by atoms with E-state index in [-0.39, 0.29) is 42.0 Å². The average Bonchev–Trinajstić information content (AvgIpc) is 3.11. The van der Waals surface area contributed by atoms with Crippen LogP contribution in [0.15, 0.2) is 24.3 Å². The van der Waals surface area contributed by atoms with Crippen LogP contribution in [0.3, 0.4) is 0 Å². The standard InChI is InChI=1S/C23H28N6O3/c1-12(13-2-4-14(5-3-13)21(26)30)28-17-8-20(23(28)32)27(10-17)11-18(25)22(31)29-16(9-24)6-15-7-19(15)29/h2-5,12,15-20H,6-8,10-11,25H2,1H3,(H2,26,30)/t12-,15-,16+,17+,18+,19+,20+/m1/s1. The first-order valence-corrected chi connectivity index (χ1v) is 11.2. The van der Waals surface area contributed by atoms with Crippen LogP contribution < -0.4 is 11.5 Å². The fourth-order valence-corrected chi connectivity index (χ4v) is 5.90. The number of nitrogens with zero attached hydrogens (tertiary/aromatic N) is 4. The van der Waals surface area contributed by atoms with Crippen molar-refractivity contribution in [3.63, 3.8) is 0 Å². The number of carbonyl (C=O) groups excluding carboxylic acids is 3. The summed E-state index contributed by atoms with van der Waals surface area (Å²) in [5.41, 5.74) is 13.0. The predicted octanol–water partition coefficient (Wildman–Crippen LogP) is -0.0281. The SMILES string of the molecule is C[C@H](c1ccc(C(N)=O)cc1)N1C(=O)[C@@H]2C[C@H]1CN2C[C@H](N)C(=O)N1[C@H](C#N)C[C@@H]2C[C@@H]21. The van der Waals surface area contributed by atoms with Gasteiger partial charge in [0.15, 0.2) is 0 Å². The molecule has 4 aliphatic rings. The molecule has 7 atom stereocenters. The summed E-state index contributed by atoms with van der Waals surface area (Å²) in [6, 6.07) is 8.01. The van der Waals surface area contributed by atoms with Gasteiger partial charge in [0.05, 0.1) is 24.2 Å². The number of fused-ring (bicyclic) bond motifs is 3. The average molecular weight is 437 g/mol. The molecule has 2 bridgehead atoms. The summed E-state index contributed by atoms with van der Waals surface area (Å²) in [4.78, 5) is 43.0. The van der Waals surface area contributed by atoms with Crippen LogP contribution in [0.25, 0.3) is 0 Å². The van der Waals surface area contributed by atoms with Gasteiger partial charge in [-0.2, -0.15) is 5.26 Å². The maximum atomic E-state index is 13.2. The second-order valence-corrected chi connectivity index (χ2v) is 9.56. The van der Waals surface area contributed by atoms with Gasteiger partial charge in [-0.3, -0.25) is 19.3 Å². The van der Waals surface area contributed by atoms with E-state index in [0.717, 1.165) is 24.8 Å². The number of hydrogen-bond donors (Lipinski definition) is 2. The van der Waals surface area contributed by atoms with Crippen LogP contribution in [0.2, 0.25) is 0 Å². The first-order valence-electron chi connectivity index (χ1n) is 11.2. The number of nitriles is 1. The van der Waals surface area contributed by atoms with Gasteiger partial charge >= 0.3 is 0 Å². The molecule has 32 heavy (non-hydrogen) atoms. The first-order chi connectivity index (χ1) is 15.3. The van der Waals surface area contributed by atoms with E-state index >= 15 is 0 Å². The molecule has 5 rings (SSSR count). The Hall–Kier alpha value is -2.96. The highest BCUT2D eigenvalue weighted by Crippen LogP contribution is 2.48. The molecule has 1 aliphatic carbocycles. The lowest BCUT2D eigenvalue weighted by Crippen LogP contribution is -2.57. The summed E-state index contributed by atoms with van der Waals surface area (Å²) in [5.74, 6) is -0.149. The third kappa shape index (κ3) is 3.26. The van der Waals surface area contributed by atoms with Gasteiger partial charge in [-0.25, -0.2) is 0 Å². The summed E-state index contributed by atoms with van der Waals surface area (Å²) < 4.78 is 0. The number of nitrogens with two attached hydrogens (primary N) is 2. The molecule has 0 radical (unpaired) electrons. The molecule has 1 aromatic rings. The highest BCUT2D eigenvalue weighted by atomic mass is 16.2. The van der Waals surface area contributed by atoms with E-state index in [1.165, 1.54) is 0 Å². The predicted molar refractivity (Wildman–Crippen MR) is 115 cm³/mol. The Morgan fingerprint density at radius 3 is 2.56 bits per heavy atom. The first kappa shape index (κ1) is 20.9. The second kappa shape index (κ2) is 7.57. The highest BCUT2D eigenvalue weighted by Gasteiger charge is 2.56. The molecular weight excluding hydrogens is 408 g/mol. The van der Waals surface area contributed by atoms with Crippen LogP contribution in [-0.2, 0) is 9.59 Å². The Balaban J connectivity index is 1.22. The molecule has 0 aromatic heterocycles. The fraction of sp³-hybridized carbons (Fsp3) is 0.565. The number of hydrogen-bond acceptors (Lipinski definition) is 6. The zero-order valence-electron chi connectivity index (χ0n) is 18.1. The van der Waals surface area contributed by atoms with E-state index < -0.39 is 11.9 Å². The number of piperidine rings is 1. The van der Waals surface area contributed by atoms with Gasteiger partial charge in [-0.05, 0) is 49.8 Å². The summed E-state index contributed by atoms with van der Waals surface area (Å²) in [6.45, 7) is 2.99. The third-order valence-electron chi connectivity index (χ3n) is 7.67. The lowest BCUT2D eigenvalue weighted by atomic mass is 10.0. The minimum Gasteiger partial charge on any atom is -0.366 e. The summed E-state index contributed by atoms with van der Waals surface area (Å²) in [6.07, 6.45) is 2.44. The zero-order valence-corrected chi connectivity index (χ0v) is 18.1. The fourth-order valence-electron chi connectivity index (χ4n) is 5.90. The molecule has 0 unspecified atom stereocenters. The van der Waals surface area contributed by atoms with Gasteiger partial charge in [0, 0.05) is 30.7 Å². The number of likely N-dealkylation sites (tertiary alicyclic amines) is 3. The number of rotatable bonds is 6. The van der Waals surface area contributed by atoms with Crippen molar-refractivity contribution in [1.82, 2.24) is 14.7 Å². The maximum Gasteiger partial charge on any atom is 0.248 e. The Morgan fingerprint density at radius 1 is 1.22 bits per heavy atom. The quantitative estimate of drug-likeness (QED) is 0.643. The van der Waals surface area contributed by atoms with Crippen molar-refractivity contribution < 1.29 is 14.4 Å². The van der Waals surface area contributed by atoms with E-state index in [0.29, 0.717) is 24.6 Å². The molecule has 3 amide bonds. The number of piperazine rings is 1.